The van der Waals surface area contributed by atoms with E-state index in [4.69, 9.17) is 0 Å². The molecule has 2 fully saturated rings. The van der Waals surface area contributed by atoms with Crippen molar-refractivity contribution < 1.29 is 0 Å². The van der Waals surface area contributed by atoms with Gasteiger partial charge in [-0.3, -0.25) is 4.90 Å². The van der Waals surface area contributed by atoms with Crippen molar-refractivity contribution in [2.45, 2.75) is 51.7 Å². The molecular formula is C16H25BrN2S. The van der Waals surface area contributed by atoms with E-state index < -0.39 is 0 Å². The summed E-state index contributed by atoms with van der Waals surface area (Å²) in [5.74, 6) is 1.60. The summed E-state index contributed by atoms with van der Waals surface area (Å²) in [7, 11) is 0. The van der Waals surface area contributed by atoms with Crippen LogP contribution in [-0.4, -0.2) is 29.6 Å². The van der Waals surface area contributed by atoms with Crippen molar-refractivity contribution in [1.82, 2.24) is 10.2 Å². The van der Waals surface area contributed by atoms with Crippen LogP contribution in [0.2, 0.25) is 0 Å². The summed E-state index contributed by atoms with van der Waals surface area (Å²) in [6.07, 6.45) is 2.82. The van der Waals surface area contributed by atoms with Crippen molar-refractivity contribution >= 4 is 27.3 Å². The first-order valence-corrected chi connectivity index (χ1v) is 9.32. The molecule has 2 unspecified atom stereocenters. The van der Waals surface area contributed by atoms with Gasteiger partial charge in [-0.15, -0.1) is 11.3 Å². The van der Waals surface area contributed by atoms with E-state index in [1.165, 1.54) is 28.0 Å². The molecular weight excluding hydrogens is 332 g/mol. The highest BCUT2D eigenvalue weighted by Gasteiger charge is 2.46. The van der Waals surface area contributed by atoms with Gasteiger partial charge in [0.05, 0.1) is 3.79 Å². The van der Waals surface area contributed by atoms with E-state index in [0.717, 1.165) is 19.0 Å². The molecule has 0 aromatic carbocycles. The Morgan fingerprint density at radius 3 is 2.75 bits per heavy atom. The van der Waals surface area contributed by atoms with Crippen LogP contribution in [0.4, 0.5) is 0 Å². The third-order valence-corrected chi connectivity index (χ3v) is 6.56. The maximum absolute atomic E-state index is 3.86. The number of halogens is 1. The van der Waals surface area contributed by atoms with E-state index >= 15 is 0 Å². The summed E-state index contributed by atoms with van der Waals surface area (Å²) in [4.78, 5) is 4.19. The van der Waals surface area contributed by atoms with E-state index in [0.29, 0.717) is 17.5 Å². The molecule has 0 spiro atoms. The molecule has 1 saturated carbocycles. The third-order valence-electron chi connectivity index (χ3n) is 4.95. The summed E-state index contributed by atoms with van der Waals surface area (Å²) in [5.41, 5.74) is 0.333. The summed E-state index contributed by atoms with van der Waals surface area (Å²) >= 11 is 5.46. The number of piperazine rings is 1. The molecule has 1 saturated heterocycles. The van der Waals surface area contributed by atoms with E-state index in [-0.39, 0.29) is 0 Å². The van der Waals surface area contributed by atoms with Crippen LogP contribution in [0.15, 0.2) is 15.9 Å². The number of rotatable bonds is 4. The van der Waals surface area contributed by atoms with Crippen molar-refractivity contribution in [2.75, 3.05) is 13.1 Å². The second kappa shape index (κ2) is 5.71. The lowest BCUT2D eigenvalue weighted by atomic mass is 9.88. The SMILES string of the molecule is CC(C)C1CNC(C)(C2CC2)CN1Cc1ccc(Br)s1. The summed E-state index contributed by atoms with van der Waals surface area (Å²) in [6.45, 7) is 10.6. The quantitative estimate of drug-likeness (QED) is 0.873. The average molecular weight is 357 g/mol. The first-order chi connectivity index (χ1) is 9.48. The van der Waals surface area contributed by atoms with Crippen molar-refractivity contribution in [1.29, 1.82) is 0 Å². The predicted octanol–water partition coefficient (Wildman–Crippen LogP) is 4.11. The minimum absolute atomic E-state index is 0.333. The topological polar surface area (TPSA) is 15.3 Å². The van der Waals surface area contributed by atoms with E-state index in [2.05, 4.69) is 59.1 Å². The maximum Gasteiger partial charge on any atom is 0.0701 e. The fourth-order valence-electron chi connectivity index (χ4n) is 3.52. The Morgan fingerprint density at radius 2 is 2.20 bits per heavy atom. The zero-order valence-electron chi connectivity index (χ0n) is 12.7. The molecule has 4 heteroatoms. The molecule has 1 aliphatic heterocycles. The van der Waals surface area contributed by atoms with E-state index in [1.807, 2.05) is 11.3 Å². The van der Waals surface area contributed by atoms with Crippen LogP contribution in [0.3, 0.4) is 0 Å². The van der Waals surface area contributed by atoms with Crippen molar-refractivity contribution in [3.8, 4) is 0 Å². The Kier molecular flexibility index (Phi) is 4.29. The lowest BCUT2D eigenvalue weighted by Crippen LogP contribution is -2.64. The van der Waals surface area contributed by atoms with Gasteiger partial charge >= 0.3 is 0 Å². The van der Waals surface area contributed by atoms with Crippen LogP contribution in [0.25, 0.3) is 0 Å². The van der Waals surface area contributed by atoms with Crippen molar-refractivity contribution in [3.63, 3.8) is 0 Å². The van der Waals surface area contributed by atoms with Crippen LogP contribution in [-0.2, 0) is 6.54 Å². The number of thiophene rings is 1. The second-order valence-corrected chi connectivity index (χ2v) is 9.54. The molecule has 1 aromatic rings. The smallest absolute Gasteiger partial charge is 0.0701 e. The van der Waals surface area contributed by atoms with Gasteiger partial charge in [-0.05, 0) is 59.7 Å². The lowest BCUT2D eigenvalue weighted by molar-refractivity contribution is 0.0470. The molecule has 2 nitrogen and oxygen atoms in total. The molecule has 0 amide bonds. The predicted molar refractivity (Wildman–Crippen MR) is 90.2 cm³/mol. The molecule has 2 aliphatic rings. The van der Waals surface area contributed by atoms with Crippen LogP contribution >= 0.6 is 27.3 Å². The van der Waals surface area contributed by atoms with Crippen LogP contribution in [0.1, 0.15) is 38.5 Å². The molecule has 0 radical (unpaired) electrons. The molecule has 1 N–H and O–H groups in total. The van der Waals surface area contributed by atoms with Crippen LogP contribution < -0.4 is 5.32 Å². The monoisotopic (exact) mass is 356 g/mol. The highest BCUT2D eigenvalue weighted by Crippen LogP contribution is 2.42. The fraction of sp³-hybridized carbons (Fsp3) is 0.750. The fourth-order valence-corrected chi connectivity index (χ4v) is 5.03. The zero-order valence-corrected chi connectivity index (χ0v) is 15.1. The Morgan fingerprint density at radius 1 is 1.45 bits per heavy atom. The Hall–Kier alpha value is 0.1000. The Labute approximate surface area is 135 Å². The van der Waals surface area contributed by atoms with Gasteiger partial charge in [-0.2, -0.15) is 0 Å². The van der Waals surface area contributed by atoms with Crippen molar-refractivity contribution in [3.05, 3.63) is 20.8 Å². The van der Waals surface area contributed by atoms with Gasteiger partial charge in [0.1, 0.15) is 0 Å². The number of nitrogens with zero attached hydrogens (tertiary/aromatic N) is 1. The molecule has 1 aliphatic carbocycles. The zero-order chi connectivity index (χ0) is 14.3. The highest BCUT2D eigenvalue weighted by molar-refractivity contribution is 9.11. The Bertz CT molecular complexity index is 469. The summed E-state index contributed by atoms with van der Waals surface area (Å²) < 4.78 is 1.24. The summed E-state index contributed by atoms with van der Waals surface area (Å²) in [6, 6.07) is 5.10. The first-order valence-electron chi connectivity index (χ1n) is 7.71. The number of hydrogen-bond acceptors (Lipinski definition) is 3. The van der Waals surface area contributed by atoms with E-state index in [9.17, 15) is 0 Å². The summed E-state index contributed by atoms with van der Waals surface area (Å²) in [5, 5.41) is 3.86. The number of hydrogen-bond donors (Lipinski definition) is 1. The number of nitrogens with one attached hydrogen (secondary N) is 1. The first kappa shape index (κ1) is 15.0. The minimum atomic E-state index is 0.333. The normalized spacial score (nSPS) is 31.9. The van der Waals surface area contributed by atoms with Gasteiger partial charge in [-0.1, -0.05) is 13.8 Å². The molecule has 2 atom stereocenters. The third kappa shape index (κ3) is 3.13. The van der Waals surface area contributed by atoms with Crippen LogP contribution in [0, 0.1) is 11.8 Å². The largest absolute Gasteiger partial charge is 0.308 e. The standard InChI is InChI=1S/C16H25BrN2S/c1-11(2)14-8-18-16(3,12-4-5-12)10-19(14)9-13-6-7-15(17)20-13/h6-7,11-12,14,18H,4-5,8-10H2,1-3H3. The molecule has 1 aromatic heterocycles. The van der Waals surface area contributed by atoms with Gasteiger partial charge in [-0.25, -0.2) is 0 Å². The average Bonchev–Trinajstić information content (AvgIpc) is 3.15. The molecule has 0 bridgehead atoms. The molecule has 2 heterocycles. The molecule has 3 rings (SSSR count). The van der Waals surface area contributed by atoms with Gasteiger partial charge in [0.15, 0.2) is 0 Å². The van der Waals surface area contributed by atoms with Gasteiger partial charge in [0.2, 0.25) is 0 Å². The van der Waals surface area contributed by atoms with E-state index in [1.54, 1.807) is 0 Å². The Balaban J connectivity index is 1.74. The second-order valence-electron chi connectivity index (χ2n) is 6.99. The molecule has 20 heavy (non-hydrogen) atoms. The van der Waals surface area contributed by atoms with Gasteiger partial charge in [0.25, 0.3) is 0 Å². The van der Waals surface area contributed by atoms with Gasteiger partial charge < -0.3 is 5.32 Å². The highest BCUT2D eigenvalue weighted by atomic mass is 79.9. The molecule has 112 valence electrons. The van der Waals surface area contributed by atoms with Crippen LogP contribution in [0.5, 0.6) is 0 Å². The van der Waals surface area contributed by atoms with Crippen molar-refractivity contribution in [2.24, 2.45) is 11.8 Å². The lowest BCUT2D eigenvalue weighted by Gasteiger charge is -2.48. The maximum atomic E-state index is 3.86. The van der Waals surface area contributed by atoms with Gasteiger partial charge in [0, 0.05) is 36.1 Å². The minimum Gasteiger partial charge on any atom is -0.308 e.